The van der Waals surface area contributed by atoms with Crippen molar-refractivity contribution in [2.75, 3.05) is 0 Å². The van der Waals surface area contributed by atoms with E-state index in [1.54, 1.807) is 13.0 Å². The maximum Gasteiger partial charge on any atom is 0.315 e. The van der Waals surface area contributed by atoms with Crippen molar-refractivity contribution in [3.63, 3.8) is 0 Å². The average molecular weight is 195 g/mol. The molecule has 2 rings (SSSR count). The molecule has 0 bridgehead atoms. The number of aliphatic carboxylic acids is 1. The molecule has 1 fully saturated rings. The molecule has 1 heterocycles. The lowest BCUT2D eigenvalue weighted by atomic mass is 9.61. The van der Waals surface area contributed by atoms with Crippen molar-refractivity contribution in [3.05, 3.63) is 17.5 Å². The second kappa shape index (κ2) is 2.83. The molecule has 0 unspecified atom stereocenters. The van der Waals surface area contributed by atoms with Crippen molar-refractivity contribution in [2.24, 2.45) is 5.92 Å². The van der Waals surface area contributed by atoms with Crippen LogP contribution in [0.25, 0.3) is 0 Å². The Morgan fingerprint density at radius 1 is 1.71 bits per heavy atom. The Hall–Kier alpha value is -1.32. The summed E-state index contributed by atoms with van der Waals surface area (Å²) in [5.41, 5.74) is -0.211. The summed E-state index contributed by atoms with van der Waals surface area (Å²) in [4.78, 5) is 11.2. The zero-order chi connectivity index (χ0) is 10.3. The Balaban J connectivity index is 2.34. The SMILES string of the molecule is Cc1cc(C2(C(=O)O)CC(C)C2)no1. The van der Waals surface area contributed by atoms with Gasteiger partial charge < -0.3 is 9.63 Å². The third-order valence-corrected chi connectivity index (χ3v) is 2.92. The van der Waals surface area contributed by atoms with Gasteiger partial charge in [0.1, 0.15) is 16.9 Å². The molecule has 1 aliphatic rings. The van der Waals surface area contributed by atoms with Gasteiger partial charge in [-0.05, 0) is 25.7 Å². The lowest BCUT2D eigenvalue weighted by Crippen LogP contribution is -2.47. The van der Waals surface area contributed by atoms with Crippen LogP contribution in [0, 0.1) is 12.8 Å². The van der Waals surface area contributed by atoms with Crippen LogP contribution in [0.3, 0.4) is 0 Å². The highest BCUT2D eigenvalue weighted by molar-refractivity contribution is 5.82. The van der Waals surface area contributed by atoms with Gasteiger partial charge in [0, 0.05) is 6.07 Å². The van der Waals surface area contributed by atoms with Crippen LogP contribution in [0.2, 0.25) is 0 Å². The van der Waals surface area contributed by atoms with Crippen LogP contribution < -0.4 is 0 Å². The maximum absolute atomic E-state index is 11.2. The van der Waals surface area contributed by atoms with Crippen molar-refractivity contribution in [1.82, 2.24) is 5.16 Å². The number of carboxylic acid groups (broad SMARTS) is 1. The van der Waals surface area contributed by atoms with Crippen molar-refractivity contribution in [1.29, 1.82) is 0 Å². The zero-order valence-corrected chi connectivity index (χ0v) is 8.28. The lowest BCUT2D eigenvalue weighted by Gasteiger charge is -2.41. The molecule has 1 N–H and O–H groups in total. The van der Waals surface area contributed by atoms with Gasteiger partial charge >= 0.3 is 5.97 Å². The van der Waals surface area contributed by atoms with Crippen LogP contribution in [0.1, 0.15) is 31.2 Å². The predicted molar refractivity (Wildman–Crippen MR) is 49.0 cm³/mol. The molecule has 4 nitrogen and oxygen atoms in total. The molecule has 0 amide bonds. The van der Waals surface area contributed by atoms with Gasteiger partial charge in [-0.15, -0.1) is 0 Å². The van der Waals surface area contributed by atoms with E-state index < -0.39 is 11.4 Å². The first kappa shape index (κ1) is 9.24. The number of aromatic nitrogens is 1. The van der Waals surface area contributed by atoms with Gasteiger partial charge in [-0.3, -0.25) is 4.79 Å². The van der Waals surface area contributed by atoms with Crippen LogP contribution in [0.4, 0.5) is 0 Å². The summed E-state index contributed by atoms with van der Waals surface area (Å²) in [5, 5.41) is 13.0. The van der Waals surface area contributed by atoms with Gasteiger partial charge in [0.15, 0.2) is 0 Å². The summed E-state index contributed by atoms with van der Waals surface area (Å²) in [7, 11) is 0. The minimum Gasteiger partial charge on any atom is -0.481 e. The fraction of sp³-hybridized carbons (Fsp3) is 0.600. The molecule has 76 valence electrons. The summed E-state index contributed by atoms with van der Waals surface area (Å²) in [6.07, 6.45) is 1.32. The van der Waals surface area contributed by atoms with Crippen molar-refractivity contribution in [2.45, 2.75) is 32.1 Å². The van der Waals surface area contributed by atoms with E-state index in [0.717, 1.165) is 0 Å². The first-order valence-corrected chi connectivity index (χ1v) is 4.72. The summed E-state index contributed by atoms with van der Waals surface area (Å²) in [5.74, 6) is 0.340. The number of carbonyl (C=O) groups is 1. The molecular weight excluding hydrogens is 182 g/mol. The van der Waals surface area contributed by atoms with Crippen molar-refractivity contribution in [3.8, 4) is 0 Å². The predicted octanol–water partition coefficient (Wildman–Crippen LogP) is 1.74. The zero-order valence-electron chi connectivity index (χ0n) is 8.28. The Morgan fingerprint density at radius 2 is 2.36 bits per heavy atom. The quantitative estimate of drug-likeness (QED) is 0.780. The van der Waals surface area contributed by atoms with Crippen molar-refractivity contribution >= 4 is 5.97 Å². The molecule has 0 saturated heterocycles. The van der Waals surface area contributed by atoms with Gasteiger partial charge in [-0.2, -0.15) is 0 Å². The number of aryl methyl sites for hydroxylation is 1. The molecule has 1 aliphatic carbocycles. The van der Waals surface area contributed by atoms with E-state index in [4.69, 9.17) is 4.52 Å². The van der Waals surface area contributed by atoms with Gasteiger partial charge in [-0.1, -0.05) is 12.1 Å². The highest BCUT2D eigenvalue weighted by Crippen LogP contribution is 2.47. The molecule has 0 aromatic carbocycles. The van der Waals surface area contributed by atoms with Gasteiger partial charge in [0.05, 0.1) is 0 Å². The highest BCUT2D eigenvalue weighted by Gasteiger charge is 2.52. The molecule has 14 heavy (non-hydrogen) atoms. The molecule has 0 spiro atoms. The molecule has 0 atom stereocenters. The number of hydrogen-bond donors (Lipinski definition) is 1. The van der Waals surface area contributed by atoms with Gasteiger partial charge in [-0.25, -0.2) is 0 Å². The second-order valence-corrected chi connectivity index (χ2v) is 4.22. The number of hydrogen-bond acceptors (Lipinski definition) is 3. The van der Waals surface area contributed by atoms with E-state index in [9.17, 15) is 9.90 Å². The lowest BCUT2D eigenvalue weighted by molar-refractivity contribution is -0.149. The molecule has 1 aromatic heterocycles. The minimum atomic E-state index is -0.788. The largest absolute Gasteiger partial charge is 0.481 e. The fourth-order valence-corrected chi connectivity index (χ4v) is 2.22. The Labute approximate surface area is 81.9 Å². The third kappa shape index (κ3) is 1.14. The third-order valence-electron chi connectivity index (χ3n) is 2.92. The van der Waals surface area contributed by atoms with Crippen LogP contribution in [-0.4, -0.2) is 16.2 Å². The molecule has 0 aliphatic heterocycles. The Kier molecular flexibility index (Phi) is 1.87. The first-order valence-electron chi connectivity index (χ1n) is 4.72. The Bertz CT molecular complexity index is 363. The summed E-state index contributed by atoms with van der Waals surface area (Å²) in [6, 6.07) is 1.72. The molecule has 0 radical (unpaired) electrons. The summed E-state index contributed by atoms with van der Waals surface area (Å²) in [6.45, 7) is 3.82. The number of nitrogens with zero attached hydrogens (tertiary/aromatic N) is 1. The molecule has 4 heteroatoms. The van der Waals surface area contributed by atoms with Crippen LogP contribution in [0.15, 0.2) is 10.6 Å². The van der Waals surface area contributed by atoms with Gasteiger partial charge in [0.2, 0.25) is 0 Å². The first-order chi connectivity index (χ1) is 6.54. The van der Waals surface area contributed by atoms with E-state index in [1.165, 1.54) is 0 Å². The van der Waals surface area contributed by atoms with E-state index in [0.29, 0.717) is 30.2 Å². The fourth-order valence-electron chi connectivity index (χ4n) is 2.22. The number of rotatable bonds is 2. The molecular formula is C10H13NO3. The molecule has 1 aromatic rings. The Morgan fingerprint density at radius 3 is 2.71 bits per heavy atom. The number of carboxylic acids is 1. The van der Waals surface area contributed by atoms with Crippen LogP contribution in [0.5, 0.6) is 0 Å². The van der Waals surface area contributed by atoms with Crippen LogP contribution in [-0.2, 0) is 10.2 Å². The topological polar surface area (TPSA) is 63.3 Å². The van der Waals surface area contributed by atoms with E-state index >= 15 is 0 Å². The monoisotopic (exact) mass is 195 g/mol. The smallest absolute Gasteiger partial charge is 0.315 e. The maximum atomic E-state index is 11.2. The summed E-state index contributed by atoms with van der Waals surface area (Å²) >= 11 is 0. The van der Waals surface area contributed by atoms with Crippen molar-refractivity contribution < 1.29 is 14.4 Å². The summed E-state index contributed by atoms with van der Waals surface area (Å²) < 4.78 is 4.92. The van der Waals surface area contributed by atoms with Crippen LogP contribution >= 0.6 is 0 Å². The standard InChI is InChI=1S/C10H13NO3/c1-6-4-10(5-6,9(12)13)8-3-7(2)14-11-8/h3,6H,4-5H2,1-2H3,(H,12,13). The van der Waals surface area contributed by atoms with Gasteiger partial charge in [0.25, 0.3) is 0 Å². The minimum absolute atomic E-state index is 0.461. The second-order valence-electron chi connectivity index (χ2n) is 4.22. The van der Waals surface area contributed by atoms with E-state index in [-0.39, 0.29) is 0 Å². The highest BCUT2D eigenvalue weighted by atomic mass is 16.5. The normalized spacial score (nSPS) is 31.1. The van der Waals surface area contributed by atoms with E-state index in [1.807, 2.05) is 6.92 Å². The van der Waals surface area contributed by atoms with E-state index in [2.05, 4.69) is 5.16 Å². The molecule has 1 saturated carbocycles. The average Bonchev–Trinajstić information content (AvgIpc) is 2.45.